The Balaban J connectivity index is 1.59. The van der Waals surface area contributed by atoms with E-state index in [0.29, 0.717) is 5.69 Å². The second-order valence-corrected chi connectivity index (χ2v) is 8.93. The van der Waals surface area contributed by atoms with E-state index in [4.69, 9.17) is 0 Å². The highest BCUT2D eigenvalue weighted by molar-refractivity contribution is 7.93. The number of nitrogens with zero attached hydrogens (tertiary/aromatic N) is 2. The number of aromatic nitrogens is 1. The highest BCUT2D eigenvalue weighted by Crippen LogP contribution is 2.29. The highest BCUT2D eigenvalue weighted by Gasteiger charge is 2.30. The lowest BCUT2D eigenvalue weighted by Crippen LogP contribution is -2.28. The topological polar surface area (TPSA) is 96.4 Å². The van der Waals surface area contributed by atoms with Gasteiger partial charge in [0, 0.05) is 12.8 Å². The summed E-state index contributed by atoms with van der Waals surface area (Å²) in [5, 5.41) is 0.282. The molecule has 9 heteroatoms. The maximum atomic E-state index is 12.6. The molecule has 2 amide bonds. The van der Waals surface area contributed by atoms with Gasteiger partial charge in [-0.05, 0) is 48.9 Å². The summed E-state index contributed by atoms with van der Waals surface area (Å²) in [7, 11) is -3.83. The van der Waals surface area contributed by atoms with E-state index >= 15 is 0 Å². The van der Waals surface area contributed by atoms with Crippen LogP contribution < -0.4 is 9.62 Å². The molecule has 2 aromatic carbocycles. The zero-order valence-corrected chi connectivity index (χ0v) is 15.9. The van der Waals surface area contributed by atoms with Gasteiger partial charge in [-0.3, -0.25) is 19.2 Å². The van der Waals surface area contributed by atoms with Crippen molar-refractivity contribution in [2.75, 3.05) is 9.62 Å². The van der Waals surface area contributed by atoms with Gasteiger partial charge in [0.1, 0.15) is 0 Å². The first kappa shape index (κ1) is 17.6. The molecule has 1 aliphatic rings. The van der Waals surface area contributed by atoms with Crippen LogP contribution in [-0.2, 0) is 19.6 Å². The first-order chi connectivity index (χ1) is 12.8. The molecule has 0 spiro atoms. The fourth-order valence-electron chi connectivity index (χ4n) is 2.89. The van der Waals surface area contributed by atoms with Crippen molar-refractivity contribution in [3.05, 3.63) is 48.0 Å². The summed E-state index contributed by atoms with van der Waals surface area (Å²) in [6.45, 7) is 1.96. The summed E-state index contributed by atoms with van der Waals surface area (Å²) in [5.41, 5.74) is 2.17. The third-order valence-corrected chi connectivity index (χ3v) is 6.64. The first-order valence-corrected chi connectivity index (χ1v) is 10.5. The van der Waals surface area contributed by atoms with Crippen molar-refractivity contribution in [2.24, 2.45) is 0 Å². The van der Waals surface area contributed by atoms with Gasteiger partial charge in [-0.2, -0.15) is 0 Å². The van der Waals surface area contributed by atoms with E-state index in [2.05, 4.69) is 9.71 Å². The molecule has 1 aliphatic heterocycles. The van der Waals surface area contributed by atoms with Crippen LogP contribution in [0.2, 0.25) is 0 Å². The molecule has 7 nitrogen and oxygen atoms in total. The summed E-state index contributed by atoms with van der Waals surface area (Å²) in [4.78, 5) is 29.0. The fourth-order valence-corrected chi connectivity index (χ4v) is 5.09. The van der Waals surface area contributed by atoms with Gasteiger partial charge in [-0.15, -0.1) is 0 Å². The van der Waals surface area contributed by atoms with E-state index in [1.807, 2.05) is 25.1 Å². The lowest BCUT2D eigenvalue weighted by molar-refractivity contribution is -0.121. The van der Waals surface area contributed by atoms with Crippen molar-refractivity contribution in [3.8, 4) is 0 Å². The number of amides is 2. The van der Waals surface area contributed by atoms with Crippen molar-refractivity contribution in [3.63, 3.8) is 0 Å². The molecule has 0 bridgehead atoms. The van der Waals surface area contributed by atoms with Gasteiger partial charge in [0.05, 0.1) is 20.8 Å². The molecule has 0 saturated carbocycles. The van der Waals surface area contributed by atoms with Crippen molar-refractivity contribution in [1.29, 1.82) is 0 Å². The molecule has 2 heterocycles. The third-order valence-electron chi connectivity index (χ3n) is 4.22. The van der Waals surface area contributed by atoms with Crippen LogP contribution in [0.4, 0.5) is 10.8 Å². The molecule has 4 rings (SSSR count). The van der Waals surface area contributed by atoms with Crippen molar-refractivity contribution >= 4 is 54.2 Å². The quantitative estimate of drug-likeness (QED) is 0.678. The predicted octanol–water partition coefficient (Wildman–Crippen LogP) is 3.06. The maximum Gasteiger partial charge on any atom is 0.263 e. The Morgan fingerprint density at radius 2 is 1.70 bits per heavy atom. The number of aryl methyl sites for hydroxylation is 1. The molecule has 1 N–H and O–H groups in total. The van der Waals surface area contributed by atoms with Crippen LogP contribution in [0, 0.1) is 6.92 Å². The number of rotatable bonds is 4. The number of sulfonamides is 1. The number of anilines is 2. The molecular weight excluding hydrogens is 386 g/mol. The van der Waals surface area contributed by atoms with Gasteiger partial charge < -0.3 is 0 Å². The molecule has 1 saturated heterocycles. The number of hydrogen-bond acceptors (Lipinski definition) is 6. The van der Waals surface area contributed by atoms with Gasteiger partial charge >= 0.3 is 0 Å². The van der Waals surface area contributed by atoms with Gasteiger partial charge in [0.25, 0.3) is 10.0 Å². The third kappa shape index (κ3) is 3.31. The van der Waals surface area contributed by atoms with Crippen LogP contribution in [0.15, 0.2) is 47.4 Å². The predicted molar refractivity (Wildman–Crippen MR) is 103 cm³/mol. The largest absolute Gasteiger partial charge is 0.274 e. The monoisotopic (exact) mass is 401 g/mol. The molecule has 3 aromatic rings. The van der Waals surface area contributed by atoms with Crippen LogP contribution in [-0.4, -0.2) is 25.2 Å². The molecular formula is C18H15N3O4S2. The van der Waals surface area contributed by atoms with Crippen LogP contribution in [0.25, 0.3) is 10.2 Å². The van der Waals surface area contributed by atoms with Crippen LogP contribution in [0.1, 0.15) is 18.4 Å². The number of benzene rings is 2. The minimum atomic E-state index is -3.83. The van der Waals surface area contributed by atoms with Gasteiger partial charge in [0.15, 0.2) is 5.13 Å². The van der Waals surface area contributed by atoms with E-state index in [-0.39, 0.29) is 34.7 Å². The average Bonchev–Trinajstić information content (AvgIpc) is 3.16. The Labute approximate surface area is 159 Å². The molecule has 0 radical (unpaired) electrons. The number of carbonyl (C=O) groups excluding carboxylic acids is 2. The number of thiazole rings is 1. The number of fused-ring (bicyclic) bond motifs is 1. The lowest BCUT2D eigenvalue weighted by atomic mass is 10.2. The van der Waals surface area contributed by atoms with Gasteiger partial charge in [-0.1, -0.05) is 17.4 Å². The van der Waals surface area contributed by atoms with E-state index in [9.17, 15) is 18.0 Å². The molecule has 1 fully saturated rings. The molecule has 27 heavy (non-hydrogen) atoms. The molecule has 1 aromatic heterocycles. The average molecular weight is 401 g/mol. The van der Waals surface area contributed by atoms with Crippen LogP contribution in [0.3, 0.4) is 0 Å². The van der Waals surface area contributed by atoms with E-state index in [1.165, 1.54) is 35.6 Å². The summed E-state index contributed by atoms with van der Waals surface area (Å²) in [6.07, 6.45) is 0.356. The molecule has 0 atom stereocenters. The summed E-state index contributed by atoms with van der Waals surface area (Å²) in [6, 6.07) is 11.4. The standard InChI is InChI=1S/C18H15N3O4S2/c1-11-2-7-14-15(10-11)26-18(19-14)20-27(24,25)13-5-3-12(4-6-13)21-16(22)8-9-17(21)23/h2-7,10H,8-9H2,1H3,(H,19,20). The lowest BCUT2D eigenvalue weighted by Gasteiger charge is -2.14. The number of nitrogens with one attached hydrogen (secondary N) is 1. The van der Waals surface area contributed by atoms with E-state index < -0.39 is 10.0 Å². The second-order valence-electron chi connectivity index (χ2n) is 6.21. The fraction of sp³-hybridized carbons (Fsp3) is 0.167. The summed E-state index contributed by atoms with van der Waals surface area (Å²) >= 11 is 1.26. The maximum absolute atomic E-state index is 12.6. The molecule has 0 unspecified atom stereocenters. The van der Waals surface area contributed by atoms with Crippen LogP contribution in [0.5, 0.6) is 0 Å². The number of hydrogen-bond donors (Lipinski definition) is 1. The Hall–Kier alpha value is -2.78. The highest BCUT2D eigenvalue weighted by atomic mass is 32.2. The first-order valence-electron chi connectivity index (χ1n) is 8.19. The van der Waals surface area contributed by atoms with Gasteiger partial charge in [0.2, 0.25) is 11.8 Å². The van der Waals surface area contributed by atoms with Crippen molar-refractivity contribution < 1.29 is 18.0 Å². The number of imide groups is 1. The summed E-state index contributed by atoms with van der Waals surface area (Å²) < 4.78 is 28.6. The number of carbonyl (C=O) groups is 2. The SMILES string of the molecule is Cc1ccc2nc(NS(=O)(=O)c3ccc(N4C(=O)CCC4=O)cc3)sc2c1. The molecule has 138 valence electrons. The second kappa shape index (κ2) is 6.43. The zero-order chi connectivity index (χ0) is 19.2. The van der Waals surface area contributed by atoms with Gasteiger partial charge in [-0.25, -0.2) is 13.4 Å². The van der Waals surface area contributed by atoms with Crippen LogP contribution >= 0.6 is 11.3 Å². The normalized spacial score (nSPS) is 14.9. The van der Waals surface area contributed by atoms with E-state index in [0.717, 1.165) is 20.7 Å². The Bertz CT molecular complexity index is 1150. The van der Waals surface area contributed by atoms with Crippen molar-refractivity contribution in [2.45, 2.75) is 24.7 Å². The Morgan fingerprint density at radius 3 is 2.37 bits per heavy atom. The Morgan fingerprint density at radius 1 is 1.04 bits per heavy atom. The molecule has 0 aliphatic carbocycles. The minimum absolute atomic E-state index is 0.0285. The summed E-state index contributed by atoms with van der Waals surface area (Å²) in [5.74, 6) is -0.558. The Kier molecular flexibility index (Phi) is 4.20. The zero-order valence-electron chi connectivity index (χ0n) is 14.3. The van der Waals surface area contributed by atoms with Crippen molar-refractivity contribution in [1.82, 2.24) is 4.98 Å². The van der Waals surface area contributed by atoms with E-state index in [1.54, 1.807) is 0 Å². The smallest absolute Gasteiger partial charge is 0.263 e. The minimum Gasteiger partial charge on any atom is -0.274 e.